The third kappa shape index (κ3) is 2.43. The molecule has 0 fully saturated rings. The van der Waals surface area contributed by atoms with Crippen molar-refractivity contribution < 1.29 is 19.7 Å². The molecule has 2 N–H and O–H groups in total. The standard InChI is InChI=1S/C12H20N2O3/c1-7(2)10(6-11(15)16)12-13(5)8(3)9(4)14(12)17/h7,10H,6H2,1-5H3,(H-,15,16,17)/p+1/t10-/m1/s1. The van der Waals surface area contributed by atoms with Crippen LogP contribution in [0.15, 0.2) is 0 Å². The van der Waals surface area contributed by atoms with Crippen LogP contribution in [-0.4, -0.2) is 21.0 Å². The van der Waals surface area contributed by atoms with E-state index in [1.807, 2.05) is 39.3 Å². The van der Waals surface area contributed by atoms with Gasteiger partial charge in [-0.15, -0.1) is 0 Å². The Bertz CT molecular complexity index is 410. The first-order chi connectivity index (χ1) is 7.77. The topological polar surface area (TPSA) is 66.3 Å². The number of carbonyl (C=O) groups is 1. The molecular weight excluding hydrogens is 220 g/mol. The first-order valence-corrected chi connectivity index (χ1v) is 5.76. The van der Waals surface area contributed by atoms with E-state index in [1.165, 1.54) is 0 Å². The molecule has 0 aliphatic heterocycles. The van der Waals surface area contributed by atoms with Gasteiger partial charge in [0.25, 0.3) is 0 Å². The third-order valence-corrected chi connectivity index (χ3v) is 3.44. The van der Waals surface area contributed by atoms with Gasteiger partial charge in [-0.05, 0) is 10.6 Å². The van der Waals surface area contributed by atoms with Crippen molar-refractivity contribution in [2.75, 3.05) is 0 Å². The Balaban J connectivity index is 3.28. The van der Waals surface area contributed by atoms with E-state index in [0.29, 0.717) is 5.82 Å². The van der Waals surface area contributed by atoms with Crippen LogP contribution in [0.3, 0.4) is 0 Å². The van der Waals surface area contributed by atoms with Crippen molar-refractivity contribution in [3.8, 4) is 0 Å². The summed E-state index contributed by atoms with van der Waals surface area (Å²) in [6.07, 6.45) is 0.0228. The van der Waals surface area contributed by atoms with Crippen molar-refractivity contribution in [1.82, 2.24) is 4.73 Å². The van der Waals surface area contributed by atoms with Crippen LogP contribution >= 0.6 is 0 Å². The first kappa shape index (κ1) is 13.5. The largest absolute Gasteiger partial charge is 0.481 e. The van der Waals surface area contributed by atoms with E-state index in [4.69, 9.17) is 5.11 Å². The van der Waals surface area contributed by atoms with Gasteiger partial charge in [0.15, 0.2) is 5.69 Å². The van der Waals surface area contributed by atoms with E-state index < -0.39 is 5.97 Å². The molecule has 5 heteroatoms. The first-order valence-electron chi connectivity index (χ1n) is 5.76. The van der Waals surface area contributed by atoms with Crippen LogP contribution in [0.5, 0.6) is 0 Å². The predicted octanol–water partition coefficient (Wildman–Crippen LogP) is 1.38. The number of nitrogens with zero attached hydrogens (tertiary/aromatic N) is 2. The van der Waals surface area contributed by atoms with E-state index >= 15 is 0 Å². The smallest absolute Gasteiger partial charge is 0.304 e. The van der Waals surface area contributed by atoms with Crippen LogP contribution in [0.1, 0.15) is 43.4 Å². The second-order valence-electron chi connectivity index (χ2n) is 4.85. The Morgan fingerprint density at radius 3 is 2.24 bits per heavy atom. The number of aliphatic carboxylic acids is 1. The number of carboxylic acid groups (broad SMARTS) is 1. The molecule has 0 radical (unpaired) electrons. The Labute approximate surface area is 101 Å². The number of hydrogen-bond acceptors (Lipinski definition) is 2. The van der Waals surface area contributed by atoms with Gasteiger partial charge in [-0.2, -0.15) is 0 Å². The lowest BCUT2D eigenvalue weighted by atomic mass is 9.91. The second kappa shape index (κ2) is 4.77. The average molecular weight is 241 g/mol. The molecule has 0 amide bonds. The summed E-state index contributed by atoms with van der Waals surface area (Å²) in [6, 6.07) is 0. The quantitative estimate of drug-likeness (QED) is 0.618. The monoisotopic (exact) mass is 241 g/mol. The predicted molar refractivity (Wildman–Crippen MR) is 62.1 cm³/mol. The maximum absolute atomic E-state index is 10.9. The van der Waals surface area contributed by atoms with Gasteiger partial charge in [-0.25, -0.2) is 4.57 Å². The van der Waals surface area contributed by atoms with E-state index in [-0.39, 0.29) is 18.3 Å². The van der Waals surface area contributed by atoms with Gasteiger partial charge in [-0.3, -0.25) is 4.79 Å². The van der Waals surface area contributed by atoms with Crippen LogP contribution < -0.4 is 4.57 Å². The maximum atomic E-state index is 10.9. The molecule has 0 aromatic carbocycles. The molecule has 0 spiro atoms. The van der Waals surface area contributed by atoms with Crippen LogP contribution in [-0.2, 0) is 11.8 Å². The number of hydrogen-bond donors (Lipinski definition) is 2. The molecule has 0 aliphatic carbocycles. The molecule has 0 saturated carbocycles. The van der Waals surface area contributed by atoms with Crippen molar-refractivity contribution in [2.45, 2.75) is 40.0 Å². The van der Waals surface area contributed by atoms with Crippen LogP contribution in [0.2, 0.25) is 0 Å². The van der Waals surface area contributed by atoms with Crippen LogP contribution in [0.25, 0.3) is 0 Å². The molecule has 1 heterocycles. The van der Waals surface area contributed by atoms with Gasteiger partial charge in [0.2, 0.25) is 0 Å². The molecular formula is C12H21N2O3+. The lowest BCUT2D eigenvalue weighted by Gasteiger charge is -2.15. The van der Waals surface area contributed by atoms with Crippen LogP contribution in [0.4, 0.5) is 0 Å². The molecule has 0 saturated heterocycles. The summed E-state index contributed by atoms with van der Waals surface area (Å²) in [6.45, 7) is 7.65. The molecule has 1 rings (SSSR count). The van der Waals surface area contributed by atoms with Crippen molar-refractivity contribution >= 4 is 5.97 Å². The van der Waals surface area contributed by atoms with E-state index in [2.05, 4.69) is 0 Å². The van der Waals surface area contributed by atoms with E-state index in [9.17, 15) is 10.0 Å². The highest BCUT2D eigenvalue weighted by Crippen LogP contribution is 2.26. The van der Waals surface area contributed by atoms with Gasteiger partial charge in [0.1, 0.15) is 5.69 Å². The highest BCUT2D eigenvalue weighted by atomic mass is 16.5. The minimum absolute atomic E-state index is 0.0228. The van der Waals surface area contributed by atoms with Gasteiger partial charge in [0, 0.05) is 13.8 Å². The summed E-state index contributed by atoms with van der Waals surface area (Å²) in [4.78, 5) is 10.9. The Morgan fingerprint density at radius 1 is 1.41 bits per heavy atom. The molecule has 5 nitrogen and oxygen atoms in total. The lowest BCUT2D eigenvalue weighted by Crippen LogP contribution is -2.38. The van der Waals surface area contributed by atoms with Crippen molar-refractivity contribution in [2.24, 2.45) is 13.0 Å². The SMILES string of the molecule is Cc1c(C)[n+](C)c([C@H](CC(=O)O)C(C)C)n1O. The van der Waals surface area contributed by atoms with Gasteiger partial charge >= 0.3 is 11.8 Å². The minimum atomic E-state index is -0.847. The summed E-state index contributed by atoms with van der Waals surface area (Å²) in [5.41, 5.74) is 1.69. The summed E-state index contributed by atoms with van der Waals surface area (Å²) >= 11 is 0. The molecule has 96 valence electrons. The van der Waals surface area contributed by atoms with E-state index in [0.717, 1.165) is 16.1 Å². The molecule has 17 heavy (non-hydrogen) atoms. The summed E-state index contributed by atoms with van der Waals surface area (Å²) < 4.78 is 2.98. The van der Waals surface area contributed by atoms with Crippen LogP contribution in [0, 0.1) is 19.8 Å². The third-order valence-electron chi connectivity index (χ3n) is 3.44. The molecule has 0 bridgehead atoms. The zero-order chi connectivity index (χ0) is 13.3. The summed E-state index contributed by atoms with van der Waals surface area (Å²) in [5, 5.41) is 19.0. The zero-order valence-corrected chi connectivity index (χ0v) is 11.1. The number of imidazole rings is 1. The Hall–Kier alpha value is -1.52. The zero-order valence-electron chi connectivity index (χ0n) is 11.1. The molecule has 1 aromatic rings. The fourth-order valence-corrected chi connectivity index (χ4v) is 2.10. The second-order valence-corrected chi connectivity index (χ2v) is 4.85. The van der Waals surface area contributed by atoms with Crippen molar-refractivity contribution in [1.29, 1.82) is 0 Å². The van der Waals surface area contributed by atoms with E-state index in [1.54, 1.807) is 0 Å². The number of rotatable bonds is 4. The van der Waals surface area contributed by atoms with Gasteiger partial charge in [0.05, 0.1) is 19.4 Å². The number of carboxylic acids is 1. The normalized spacial score (nSPS) is 13.1. The molecule has 0 unspecified atom stereocenters. The molecule has 1 atom stereocenters. The highest BCUT2D eigenvalue weighted by Gasteiger charge is 2.34. The summed E-state index contributed by atoms with van der Waals surface area (Å²) in [5.74, 6) is -0.246. The lowest BCUT2D eigenvalue weighted by molar-refractivity contribution is -0.687. The summed E-state index contributed by atoms with van der Waals surface area (Å²) in [7, 11) is 1.85. The molecule has 1 aromatic heterocycles. The Kier molecular flexibility index (Phi) is 3.80. The van der Waals surface area contributed by atoms with Crippen molar-refractivity contribution in [3.05, 3.63) is 17.2 Å². The highest BCUT2D eigenvalue weighted by molar-refractivity contribution is 5.67. The molecule has 0 aliphatic rings. The fraction of sp³-hybridized carbons (Fsp3) is 0.667. The van der Waals surface area contributed by atoms with Gasteiger partial charge in [-0.1, -0.05) is 13.8 Å². The van der Waals surface area contributed by atoms with Gasteiger partial charge < -0.3 is 10.3 Å². The average Bonchev–Trinajstić information content (AvgIpc) is 2.40. The number of aromatic nitrogens is 2. The minimum Gasteiger partial charge on any atom is -0.481 e. The maximum Gasteiger partial charge on any atom is 0.304 e. The van der Waals surface area contributed by atoms with Crippen molar-refractivity contribution in [3.63, 3.8) is 0 Å². The Morgan fingerprint density at radius 2 is 1.94 bits per heavy atom. The fourth-order valence-electron chi connectivity index (χ4n) is 2.10.